The number of alkyl halides is 6. The molecule has 1 aliphatic rings. The van der Waals surface area contributed by atoms with Crippen molar-refractivity contribution in [3.63, 3.8) is 0 Å². The van der Waals surface area contributed by atoms with Gasteiger partial charge < -0.3 is 9.47 Å². The summed E-state index contributed by atoms with van der Waals surface area (Å²) < 4.78 is 91.1. The molecule has 0 radical (unpaired) electrons. The maximum absolute atomic E-state index is 12.8. The molecule has 0 spiro atoms. The molecule has 0 aromatic heterocycles. The zero-order chi connectivity index (χ0) is 12.1. The molecule has 0 aromatic carbocycles. The van der Waals surface area contributed by atoms with Gasteiger partial charge in [0.2, 0.25) is 0 Å². The second kappa shape index (κ2) is 3.06. The quantitative estimate of drug-likeness (QED) is 0.623. The molecule has 1 atom stereocenters. The summed E-state index contributed by atoms with van der Waals surface area (Å²) >= 11 is 4.57. The van der Waals surface area contributed by atoms with Crippen LogP contribution in [0.4, 0.5) is 30.7 Å². The fraction of sp³-hybridized carbons (Fsp3) is 0.600. The smallest absolute Gasteiger partial charge is 0.425 e. The standard InChI is InChI=1S/C5ClF7O2/c6-1-2(7)15-5(12,13)3(8,14-1)4(9,10)11. The van der Waals surface area contributed by atoms with E-state index in [9.17, 15) is 30.7 Å². The Balaban J connectivity index is 3.22. The molecule has 1 aliphatic heterocycles. The summed E-state index contributed by atoms with van der Waals surface area (Å²) in [7, 11) is 0. The van der Waals surface area contributed by atoms with Gasteiger partial charge >= 0.3 is 24.2 Å². The molecule has 0 saturated heterocycles. The molecular formula is C5ClF7O2. The maximum atomic E-state index is 12.8. The van der Waals surface area contributed by atoms with Crippen LogP contribution in [0.2, 0.25) is 0 Å². The van der Waals surface area contributed by atoms with Crippen molar-refractivity contribution in [2.75, 3.05) is 0 Å². The predicted molar refractivity (Wildman–Crippen MR) is 31.0 cm³/mol. The molecule has 0 aromatic rings. The lowest BCUT2D eigenvalue weighted by atomic mass is 10.2. The van der Waals surface area contributed by atoms with Gasteiger partial charge in [0.05, 0.1) is 0 Å². The first kappa shape index (κ1) is 12.2. The van der Waals surface area contributed by atoms with E-state index in [-0.39, 0.29) is 0 Å². The summed E-state index contributed by atoms with van der Waals surface area (Å²) in [5.41, 5.74) is 0. The molecule has 0 aliphatic carbocycles. The van der Waals surface area contributed by atoms with Crippen molar-refractivity contribution in [2.24, 2.45) is 0 Å². The normalized spacial score (nSPS) is 30.9. The van der Waals surface area contributed by atoms with E-state index >= 15 is 0 Å². The van der Waals surface area contributed by atoms with Gasteiger partial charge in [-0.25, -0.2) is 0 Å². The van der Waals surface area contributed by atoms with E-state index in [1.165, 1.54) is 0 Å². The third-order valence-electron chi connectivity index (χ3n) is 1.34. The molecule has 0 saturated carbocycles. The van der Waals surface area contributed by atoms with E-state index in [1.54, 1.807) is 0 Å². The Bertz CT molecular complexity index is 311. The van der Waals surface area contributed by atoms with E-state index < -0.39 is 29.4 Å². The Morgan fingerprint density at radius 3 is 1.93 bits per heavy atom. The van der Waals surface area contributed by atoms with Gasteiger partial charge in [-0.05, 0) is 11.6 Å². The number of hydrogen-bond donors (Lipinski definition) is 0. The minimum Gasteiger partial charge on any atom is -0.425 e. The van der Waals surface area contributed by atoms with Crippen molar-refractivity contribution in [2.45, 2.75) is 18.1 Å². The maximum Gasteiger partial charge on any atom is 0.483 e. The van der Waals surface area contributed by atoms with Crippen molar-refractivity contribution in [1.29, 1.82) is 0 Å². The van der Waals surface area contributed by atoms with Gasteiger partial charge in [-0.2, -0.15) is 30.7 Å². The van der Waals surface area contributed by atoms with Crippen LogP contribution >= 0.6 is 11.6 Å². The molecule has 1 rings (SSSR count). The van der Waals surface area contributed by atoms with Crippen molar-refractivity contribution < 1.29 is 40.2 Å². The SMILES string of the molecule is FC1=C(Cl)OC(F)(C(F)(F)F)C(F)(F)O1. The van der Waals surface area contributed by atoms with Crippen LogP contribution in [0.25, 0.3) is 0 Å². The molecule has 0 amide bonds. The Morgan fingerprint density at radius 1 is 1.07 bits per heavy atom. The van der Waals surface area contributed by atoms with Crippen LogP contribution in [-0.4, -0.2) is 18.1 Å². The highest BCUT2D eigenvalue weighted by Gasteiger charge is 2.79. The highest BCUT2D eigenvalue weighted by Crippen LogP contribution is 2.52. The van der Waals surface area contributed by atoms with Gasteiger partial charge in [-0.3, -0.25) is 0 Å². The number of halogens is 8. The molecular weight excluding hydrogens is 260 g/mol. The number of rotatable bonds is 0. The van der Waals surface area contributed by atoms with E-state index in [4.69, 9.17) is 0 Å². The van der Waals surface area contributed by atoms with Crippen LogP contribution in [0, 0.1) is 0 Å². The van der Waals surface area contributed by atoms with Crippen molar-refractivity contribution in [3.05, 3.63) is 11.2 Å². The lowest BCUT2D eigenvalue weighted by Crippen LogP contribution is -2.59. The van der Waals surface area contributed by atoms with Gasteiger partial charge in [0.15, 0.2) is 0 Å². The van der Waals surface area contributed by atoms with Crippen LogP contribution in [0.5, 0.6) is 0 Å². The monoisotopic (exact) mass is 260 g/mol. The zero-order valence-electron chi connectivity index (χ0n) is 6.34. The lowest BCUT2D eigenvalue weighted by molar-refractivity contribution is -0.457. The molecule has 15 heavy (non-hydrogen) atoms. The van der Waals surface area contributed by atoms with Gasteiger partial charge in [0, 0.05) is 0 Å². The van der Waals surface area contributed by atoms with Crippen LogP contribution in [-0.2, 0) is 9.47 Å². The van der Waals surface area contributed by atoms with E-state index in [0.717, 1.165) is 0 Å². The van der Waals surface area contributed by atoms with E-state index in [1.807, 2.05) is 0 Å². The average molecular weight is 260 g/mol. The first-order valence-electron chi connectivity index (χ1n) is 3.08. The largest absolute Gasteiger partial charge is 0.483 e. The molecule has 1 unspecified atom stereocenters. The third kappa shape index (κ3) is 1.68. The van der Waals surface area contributed by atoms with Crippen LogP contribution in [0.1, 0.15) is 0 Å². The molecule has 88 valence electrons. The highest BCUT2D eigenvalue weighted by atomic mass is 35.5. The van der Waals surface area contributed by atoms with E-state index in [0.29, 0.717) is 0 Å². The Morgan fingerprint density at radius 2 is 1.53 bits per heavy atom. The summed E-state index contributed by atoms with van der Waals surface area (Å²) in [6.07, 6.45) is -11.7. The fourth-order valence-corrected chi connectivity index (χ4v) is 0.809. The summed E-state index contributed by atoms with van der Waals surface area (Å²) in [6.45, 7) is 0. The number of ether oxygens (including phenoxy) is 2. The summed E-state index contributed by atoms with van der Waals surface area (Å²) in [5.74, 6) is -5.52. The molecule has 0 fully saturated rings. The summed E-state index contributed by atoms with van der Waals surface area (Å²) in [4.78, 5) is 0. The lowest BCUT2D eigenvalue weighted by Gasteiger charge is -2.35. The fourth-order valence-electron chi connectivity index (χ4n) is 0.664. The summed E-state index contributed by atoms with van der Waals surface area (Å²) in [5, 5.41) is -1.87. The van der Waals surface area contributed by atoms with E-state index in [2.05, 4.69) is 21.1 Å². The van der Waals surface area contributed by atoms with Crippen LogP contribution < -0.4 is 0 Å². The van der Waals surface area contributed by atoms with Gasteiger partial charge in [-0.1, -0.05) is 0 Å². The Hall–Kier alpha value is -0.860. The Kier molecular flexibility index (Phi) is 2.49. The minimum absolute atomic E-state index is 1.87. The van der Waals surface area contributed by atoms with Crippen LogP contribution in [0.3, 0.4) is 0 Å². The first-order chi connectivity index (χ1) is 6.51. The van der Waals surface area contributed by atoms with Gasteiger partial charge in [-0.15, -0.1) is 0 Å². The van der Waals surface area contributed by atoms with Crippen LogP contribution in [0.15, 0.2) is 11.2 Å². The molecule has 10 heteroatoms. The first-order valence-corrected chi connectivity index (χ1v) is 3.46. The second-order valence-electron chi connectivity index (χ2n) is 2.36. The van der Waals surface area contributed by atoms with Crippen molar-refractivity contribution >= 4 is 11.6 Å². The average Bonchev–Trinajstić information content (AvgIpc) is 1.98. The predicted octanol–water partition coefficient (Wildman–Crippen LogP) is 3.19. The highest BCUT2D eigenvalue weighted by molar-refractivity contribution is 6.28. The van der Waals surface area contributed by atoms with Gasteiger partial charge in [0.1, 0.15) is 0 Å². The molecule has 2 nitrogen and oxygen atoms in total. The minimum atomic E-state index is -6.14. The summed E-state index contributed by atoms with van der Waals surface area (Å²) in [6, 6.07) is -2.33. The zero-order valence-corrected chi connectivity index (χ0v) is 7.10. The van der Waals surface area contributed by atoms with Crippen molar-refractivity contribution in [3.8, 4) is 0 Å². The molecule has 1 heterocycles. The molecule has 0 bridgehead atoms. The molecule has 0 N–H and O–H groups in total. The van der Waals surface area contributed by atoms with Gasteiger partial charge in [0.25, 0.3) is 5.22 Å². The number of hydrogen-bond acceptors (Lipinski definition) is 2. The van der Waals surface area contributed by atoms with Crippen molar-refractivity contribution in [1.82, 2.24) is 0 Å². The topological polar surface area (TPSA) is 18.5 Å². The Labute approximate surface area is 82.2 Å². The second-order valence-corrected chi connectivity index (χ2v) is 2.70. The third-order valence-corrected chi connectivity index (χ3v) is 1.57.